The van der Waals surface area contributed by atoms with E-state index in [4.69, 9.17) is 4.42 Å². The smallest absolute Gasteiger partial charge is 0.237 e. The molecular weight excluding hydrogens is 226 g/mol. The number of benzene rings is 1. The minimum absolute atomic E-state index is 0.0313. The molecule has 1 unspecified atom stereocenters. The van der Waals surface area contributed by atoms with Gasteiger partial charge in [0.1, 0.15) is 6.04 Å². The van der Waals surface area contributed by atoms with Gasteiger partial charge in [0.25, 0.3) is 0 Å². The third kappa shape index (κ3) is 2.76. The van der Waals surface area contributed by atoms with Crippen molar-refractivity contribution in [2.24, 2.45) is 0 Å². The highest BCUT2D eigenvalue weighted by Gasteiger charge is 2.20. The van der Waals surface area contributed by atoms with E-state index in [-0.39, 0.29) is 12.0 Å². The highest BCUT2D eigenvalue weighted by molar-refractivity contribution is 5.23. The van der Waals surface area contributed by atoms with Crippen LogP contribution in [-0.4, -0.2) is 16.7 Å². The Hall–Kier alpha value is -1.68. The van der Waals surface area contributed by atoms with Gasteiger partial charge in [0.15, 0.2) is 0 Å². The van der Waals surface area contributed by atoms with E-state index in [0.717, 1.165) is 12.1 Å². The maximum atomic E-state index is 5.73. The fourth-order valence-corrected chi connectivity index (χ4v) is 1.79. The van der Waals surface area contributed by atoms with Crippen LogP contribution in [0.5, 0.6) is 0 Å². The molecule has 0 aliphatic carbocycles. The number of hydrogen-bond acceptors (Lipinski definition) is 4. The molecule has 0 radical (unpaired) electrons. The zero-order valence-electron chi connectivity index (χ0n) is 11.1. The Labute approximate surface area is 107 Å². The van der Waals surface area contributed by atoms with Crippen LogP contribution in [-0.2, 0) is 0 Å². The maximum absolute atomic E-state index is 5.73. The first-order valence-electron chi connectivity index (χ1n) is 6.34. The standard InChI is InChI=1S/C14H19N3O/c1-4-15-12(11-8-6-5-7-9-11)14-17-16-13(18-14)10(2)3/h5-10,12,15H,4H2,1-3H3. The van der Waals surface area contributed by atoms with Crippen molar-refractivity contribution >= 4 is 0 Å². The Morgan fingerprint density at radius 2 is 1.78 bits per heavy atom. The van der Waals surface area contributed by atoms with Crippen molar-refractivity contribution in [3.63, 3.8) is 0 Å². The molecule has 4 nitrogen and oxygen atoms in total. The van der Waals surface area contributed by atoms with Gasteiger partial charge >= 0.3 is 0 Å². The first-order chi connectivity index (χ1) is 8.72. The van der Waals surface area contributed by atoms with Gasteiger partial charge in [-0.25, -0.2) is 0 Å². The zero-order valence-corrected chi connectivity index (χ0v) is 11.1. The molecule has 1 heterocycles. The van der Waals surface area contributed by atoms with Crippen molar-refractivity contribution in [3.05, 3.63) is 47.7 Å². The van der Waals surface area contributed by atoms with Gasteiger partial charge in [0.2, 0.25) is 11.8 Å². The van der Waals surface area contributed by atoms with E-state index >= 15 is 0 Å². The number of hydrogen-bond donors (Lipinski definition) is 1. The average Bonchev–Trinajstić information content (AvgIpc) is 2.86. The van der Waals surface area contributed by atoms with Gasteiger partial charge in [-0.15, -0.1) is 10.2 Å². The molecule has 0 bridgehead atoms. The van der Waals surface area contributed by atoms with Crippen molar-refractivity contribution in [2.75, 3.05) is 6.54 Å². The van der Waals surface area contributed by atoms with Crippen LogP contribution in [0.4, 0.5) is 0 Å². The molecule has 0 saturated carbocycles. The predicted octanol–water partition coefficient (Wildman–Crippen LogP) is 2.89. The van der Waals surface area contributed by atoms with Crippen molar-refractivity contribution < 1.29 is 4.42 Å². The average molecular weight is 245 g/mol. The maximum Gasteiger partial charge on any atom is 0.237 e. The van der Waals surface area contributed by atoms with Crippen molar-refractivity contribution in [3.8, 4) is 0 Å². The SMILES string of the molecule is CCNC(c1ccccc1)c1nnc(C(C)C)o1. The van der Waals surface area contributed by atoms with Crippen LogP contribution < -0.4 is 5.32 Å². The fourth-order valence-electron chi connectivity index (χ4n) is 1.79. The lowest BCUT2D eigenvalue weighted by Gasteiger charge is -2.14. The van der Waals surface area contributed by atoms with Crippen LogP contribution in [0.1, 0.15) is 50.1 Å². The molecule has 1 atom stereocenters. The summed E-state index contributed by atoms with van der Waals surface area (Å²) in [5, 5.41) is 11.6. The molecule has 0 aliphatic heterocycles. The molecule has 2 rings (SSSR count). The first-order valence-corrected chi connectivity index (χ1v) is 6.34. The highest BCUT2D eigenvalue weighted by Crippen LogP contribution is 2.22. The van der Waals surface area contributed by atoms with E-state index in [2.05, 4.69) is 34.6 Å². The number of rotatable bonds is 5. The van der Waals surface area contributed by atoms with Gasteiger partial charge < -0.3 is 9.73 Å². The Bertz CT molecular complexity index is 479. The van der Waals surface area contributed by atoms with Crippen LogP contribution in [0.3, 0.4) is 0 Å². The van der Waals surface area contributed by atoms with E-state index in [0.29, 0.717) is 11.8 Å². The largest absolute Gasteiger partial charge is 0.423 e. The van der Waals surface area contributed by atoms with Crippen molar-refractivity contribution in [1.82, 2.24) is 15.5 Å². The van der Waals surface area contributed by atoms with Crippen LogP contribution in [0.15, 0.2) is 34.7 Å². The molecule has 1 N–H and O–H groups in total. The lowest BCUT2D eigenvalue weighted by atomic mass is 10.1. The molecule has 1 aromatic heterocycles. The van der Waals surface area contributed by atoms with Crippen LogP contribution in [0, 0.1) is 0 Å². The van der Waals surface area contributed by atoms with Gasteiger partial charge in [0.05, 0.1) is 0 Å². The summed E-state index contributed by atoms with van der Waals surface area (Å²) in [6.07, 6.45) is 0. The van der Waals surface area contributed by atoms with Gasteiger partial charge in [0, 0.05) is 5.92 Å². The summed E-state index contributed by atoms with van der Waals surface area (Å²) in [7, 11) is 0. The van der Waals surface area contributed by atoms with E-state index in [1.54, 1.807) is 0 Å². The van der Waals surface area contributed by atoms with E-state index < -0.39 is 0 Å². The molecule has 96 valence electrons. The summed E-state index contributed by atoms with van der Waals surface area (Å²) >= 11 is 0. The molecule has 2 aromatic rings. The summed E-state index contributed by atoms with van der Waals surface area (Å²) in [6, 6.07) is 10.1. The number of nitrogens with zero attached hydrogens (tertiary/aromatic N) is 2. The fraction of sp³-hybridized carbons (Fsp3) is 0.429. The molecule has 1 aromatic carbocycles. The monoisotopic (exact) mass is 245 g/mol. The summed E-state index contributed by atoms with van der Waals surface area (Å²) in [5.74, 6) is 1.57. The van der Waals surface area contributed by atoms with E-state index in [1.807, 2.05) is 32.0 Å². The molecule has 0 spiro atoms. The number of nitrogens with one attached hydrogen (secondary N) is 1. The Morgan fingerprint density at radius 3 is 2.33 bits per heavy atom. The highest BCUT2D eigenvalue weighted by atomic mass is 16.4. The normalized spacial score (nSPS) is 12.9. The molecule has 0 saturated heterocycles. The summed E-state index contributed by atoms with van der Waals surface area (Å²) in [6.45, 7) is 7.00. The van der Waals surface area contributed by atoms with E-state index in [1.165, 1.54) is 0 Å². The molecule has 4 heteroatoms. The zero-order chi connectivity index (χ0) is 13.0. The molecule has 18 heavy (non-hydrogen) atoms. The van der Waals surface area contributed by atoms with Crippen molar-refractivity contribution in [1.29, 1.82) is 0 Å². The second kappa shape index (κ2) is 5.78. The van der Waals surface area contributed by atoms with Crippen LogP contribution >= 0.6 is 0 Å². The summed E-state index contributed by atoms with van der Waals surface area (Å²) in [5.41, 5.74) is 1.14. The quantitative estimate of drug-likeness (QED) is 0.880. The molecular formula is C14H19N3O. The Morgan fingerprint density at radius 1 is 1.11 bits per heavy atom. The Balaban J connectivity index is 2.29. The number of aromatic nitrogens is 2. The third-order valence-electron chi connectivity index (χ3n) is 2.74. The lowest BCUT2D eigenvalue weighted by Crippen LogP contribution is -2.22. The van der Waals surface area contributed by atoms with Gasteiger partial charge in [-0.3, -0.25) is 0 Å². The summed E-state index contributed by atoms with van der Waals surface area (Å²) < 4.78 is 5.73. The topological polar surface area (TPSA) is 51.0 Å². The second-order valence-corrected chi connectivity index (χ2v) is 4.53. The predicted molar refractivity (Wildman–Crippen MR) is 70.3 cm³/mol. The van der Waals surface area contributed by atoms with Crippen LogP contribution in [0.25, 0.3) is 0 Å². The van der Waals surface area contributed by atoms with Crippen LogP contribution in [0.2, 0.25) is 0 Å². The van der Waals surface area contributed by atoms with Gasteiger partial charge in [-0.1, -0.05) is 51.1 Å². The van der Waals surface area contributed by atoms with Gasteiger partial charge in [-0.05, 0) is 12.1 Å². The van der Waals surface area contributed by atoms with E-state index in [9.17, 15) is 0 Å². The van der Waals surface area contributed by atoms with Gasteiger partial charge in [-0.2, -0.15) is 0 Å². The Kier molecular flexibility index (Phi) is 4.10. The molecule has 0 amide bonds. The summed E-state index contributed by atoms with van der Waals surface area (Å²) in [4.78, 5) is 0. The second-order valence-electron chi connectivity index (χ2n) is 4.53. The third-order valence-corrected chi connectivity index (χ3v) is 2.74. The minimum atomic E-state index is -0.0313. The minimum Gasteiger partial charge on any atom is -0.423 e. The molecule has 0 fully saturated rings. The molecule has 0 aliphatic rings. The van der Waals surface area contributed by atoms with Crippen molar-refractivity contribution in [2.45, 2.75) is 32.7 Å². The lowest BCUT2D eigenvalue weighted by molar-refractivity contribution is 0.397. The first kappa shape index (κ1) is 12.8.